The quantitative estimate of drug-likeness (QED) is 0.394. The Labute approximate surface area is 182 Å². The van der Waals surface area contributed by atoms with E-state index in [4.69, 9.17) is 0 Å². The van der Waals surface area contributed by atoms with Crippen LogP contribution >= 0.6 is 11.8 Å². The Balaban J connectivity index is 1.38. The fourth-order valence-electron chi connectivity index (χ4n) is 3.07. The van der Waals surface area contributed by atoms with Crippen LogP contribution in [0.3, 0.4) is 0 Å². The largest absolute Gasteiger partial charge is 0.375 e. The van der Waals surface area contributed by atoms with E-state index >= 15 is 0 Å². The Morgan fingerprint density at radius 1 is 1.10 bits per heavy atom. The van der Waals surface area contributed by atoms with Gasteiger partial charge >= 0.3 is 0 Å². The molecule has 0 atom stereocenters. The summed E-state index contributed by atoms with van der Waals surface area (Å²) in [7, 11) is 2.09. The standard InChI is InChI=1S/C23H29N5OS/c1-18-11-12-21(15-19(18)2)28-17-25-26-23(28)30-16-22(29)24-13-7-8-14-27(3)20-9-5-4-6-10-20/h4-6,9-12,15,17H,7-8,13-14,16H2,1-3H3,(H,24,29). The molecule has 1 amide bonds. The minimum Gasteiger partial charge on any atom is -0.375 e. The molecule has 0 bridgehead atoms. The first-order valence-corrected chi connectivity index (χ1v) is 11.2. The van der Waals surface area contributed by atoms with Crippen LogP contribution in [-0.2, 0) is 4.79 Å². The van der Waals surface area contributed by atoms with Gasteiger partial charge in [-0.3, -0.25) is 9.36 Å². The fraction of sp³-hybridized carbons (Fsp3) is 0.348. The van der Waals surface area contributed by atoms with E-state index in [9.17, 15) is 4.79 Å². The number of rotatable bonds is 10. The van der Waals surface area contributed by atoms with Gasteiger partial charge < -0.3 is 10.2 Å². The van der Waals surface area contributed by atoms with Gasteiger partial charge in [-0.15, -0.1) is 10.2 Å². The van der Waals surface area contributed by atoms with Gasteiger partial charge in [-0.1, -0.05) is 36.0 Å². The molecule has 0 saturated heterocycles. The molecule has 6 nitrogen and oxygen atoms in total. The van der Waals surface area contributed by atoms with Crippen LogP contribution in [0.25, 0.3) is 5.69 Å². The van der Waals surface area contributed by atoms with E-state index in [-0.39, 0.29) is 5.91 Å². The number of carbonyl (C=O) groups excluding carboxylic acids is 1. The van der Waals surface area contributed by atoms with Gasteiger partial charge in [0.2, 0.25) is 5.91 Å². The highest BCUT2D eigenvalue weighted by atomic mass is 32.2. The predicted octanol–water partition coefficient (Wildman–Crippen LogP) is 4.01. The van der Waals surface area contributed by atoms with Crippen LogP contribution in [-0.4, -0.2) is 46.6 Å². The summed E-state index contributed by atoms with van der Waals surface area (Å²) in [4.78, 5) is 14.4. The Hall–Kier alpha value is -2.80. The Kier molecular flexibility index (Phi) is 7.90. The number of hydrogen-bond acceptors (Lipinski definition) is 5. The van der Waals surface area contributed by atoms with Crippen molar-refractivity contribution in [3.8, 4) is 5.69 Å². The van der Waals surface area contributed by atoms with Crippen LogP contribution in [0, 0.1) is 13.8 Å². The van der Waals surface area contributed by atoms with Crippen molar-refractivity contribution in [3.05, 3.63) is 66.0 Å². The van der Waals surface area contributed by atoms with Gasteiger partial charge in [0.15, 0.2) is 5.16 Å². The number of amides is 1. The molecule has 158 valence electrons. The normalized spacial score (nSPS) is 10.8. The minimum absolute atomic E-state index is 0.0195. The van der Waals surface area contributed by atoms with E-state index in [0.717, 1.165) is 30.2 Å². The molecule has 1 aromatic heterocycles. The third kappa shape index (κ3) is 6.10. The molecule has 7 heteroatoms. The first-order valence-electron chi connectivity index (χ1n) is 10.2. The number of anilines is 1. The molecule has 0 aliphatic carbocycles. The van der Waals surface area contributed by atoms with Crippen molar-refractivity contribution >= 4 is 23.4 Å². The lowest BCUT2D eigenvalue weighted by Gasteiger charge is -2.19. The third-order valence-electron chi connectivity index (χ3n) is 5.06. The van der Waals surface area contributed by atoms with Gasteiger partial charge in [-0.25, -0.2) is 0 Å². The van der Waals surface area contributed by atoms with Crippen molar-refractivity contribution in [2.75, 3.05) is 30.8 Å². The number of aryl methyl sites for hydroxylation is 2. The minimum atomic E-state index is 0.0195. The number of aromatic nitrogens is 3. The number of carbonyl (C=O) groups is 1. The summed E-state index contributed by atoms with van der Waals surface area (Å²) in [6, 6.07) is 16.6. The number of benzene rings is 2. The molecule has 0 unspecified atom stereocenters. The molecule has 0 aliphatic rings. The van der Waals surface area contributed by atoms with Crippen molar-refractivity contribution in [1.29, 1.82) is 0 Å². The molecule has 2 aromatic carbocycles. The van der Waals surface area contributed by atoms with Crippen molar-refractivity contribution in [1.82, 2.24) is 20.1 Å². The van der Waals surface area contributed by atoms with Crippen molar-refractivity contribution in [2.24, 2.45) is 0 Å². The van der Waals surface area contributed by atoms with Crippen LogP contribution < -0.4 is 10.2 Å². The van der Waals surface area contributed by atoms with Gasteiger partial charge in [0.1, 0.15) is 6.33 Å². The number of para-hydroxylation sites is 1. The molecule has 1 heterocycles. The average molecular weight is 424 g/mol. The Bertz CT molecular complexity index is 957. The molecule has 0 saturated carbocycles. The lowest BCUT2D eigenvalue weighted by molar-refractivity contribution is -0.118. The second-order valence-corrected chi connectivity index (χ2v) is 8.30. The molecule has 0 fully saturated rings. The van der Waals surface area contributed by atoms with Gasteiger partial charge in [-0.05, 0) is 62.1 Å². The van der Waals surface area contributed by atoms with E-state index in [0.29, 0.717) is 12.3 Å². The van der Waals surface area contributed by atoms with E-state index in [1.54, 1.807) is 6.33 Å². The summed E-state index contributed by atoms with van der Waals surface area (Å²) in [6.45, 7) is 5.83. The maximum atomic E-state index is 12.2. The first kappa shape index (κ1) is 21.9. The van der Waals surface area contributed by atoms with Gasteiger partial charge in [0.05, 0.1) is 5.75 Å². The molecular formula is C23H29N5OS. The van der Waals surface area contributed by atoms with Gasteiger partial charge in [-0.2, -0.15) is 0 Å². The molecule has 1 N–H and O–H groups in total. The monoisotopic (exact) mass is 423 g/mol. The van der Waals surface area contributed by atoms with E-state index in [2.05, 4.69) is 65.6 Å². The summed E-state index contributed by atoms with van der Waals surface area (Å²) in [5.74, 6) is 0.346. The molecule has 3 aromatic rings. The SMILES string of the molecule is Cc1ccc(-n2cnnc2SCC(=O)NCCCCN(C)c2ccccc2)cc1C. The fourth-order valence-corrected chi connectivity index (χ4v) is 3.83. The smallest absolute Gasteiger partial charge is 0.230 e. The van der Waals surface area contributed by atoms with Crippen molar-refractivity contribution < 1.29 is 4.79 Å². The van der Waals surface area contributed by atoms with Crippen molar-refractivity contribution in [3.63, 3.8) is 0 Å². The molecule has 30 heavy (non-hydrogen) atoms. The average Bonchev–Trinajstić information content (AvgIpc) is 3.23. The first-order chi connectivity index (χ1) is 14.5. The summed E-state index contributed by atoms with van der Waals surface area (Å²) >= 11 is 1.40. The molecule has 0 spiro atoms. The van der Waals surface area contributed by atoms with E-state index in [1.165, 1.54) is 28.6 Å². The summed E-state index contributed by atoms with van der Waals surface area (Å²) in [6.07, 6.45) is 3.67. The number of thioether (sulfide) groups is 1. The maximum Gasteiger partial charge on any atom is 0.230 e. The van der Waals surface area contributed by atoms with Crippen LogP contribution in [0.1, 0.15) is 24.0 Å². The zero-order valence-electron chi connectivity index (χ0n) is 17.8. The predicted molar refractivity (Wildman–Crippen MR) is 124 cm³/mol. The zero-order valence-corrected chi connectivity index (χ0v) is 18.7. The second kappa shape index (κ2) is 10.8. The van der Waals surface area contributed by atoms with Crippen LogP contribution in [0.4, 0.5) is 5.69 Å². The Morgan fingerprint density at radius 2 is 1.90 bits per heavy atom. The third-order valence-corrected chi connectivity index (χ3v) is 6.00. The molecule has 0 radical (unpaired) electrons. The zero-order chi connectivity index (χ0) is 21.3. The lowest BCUT2D eigenvalue weighted by Crippen LogP contribution is -2.27. The number of nitrogens with zero attached hydrogens (tertiary/aromatic N) is 4. The van der Waals surface area contributed by atoms with Crippen LogP contribution in [0.5, 0.6) is 0 Å². The highest BCUT2D eigenvalue weighted by molar-refractivity contribution is 7.99. The number of nitrogens with one attached hydrogen (secondary N) is 1. The molecule has 3 rings (SSSR count). The second-order valence-electron chi connectivity index (χ2n) is 7.35. The lowest BCUT2D eigenvalue weighted by atomic mass is 10.1. The van der Waals surface area contributed by atoms with Crippen LogP contribution in [0.2, 0.25) is 0 Å². The molecule has 0 aliphatic heterocycles. The van der Waals surface area contributed by atoms with E-state index < -0.39 is 0 Å². The number of hydrogen-bond donors (Lipinski definition) is 1. The van der Waals surface area contributed by atoms with E-state index in [1.807, 2.05) is 28.8 Å². The Morgan fingerprint density at radius 3 is 2.67 bits per heavy atom. The summed E-state index contributed by atoms with van der Waals surface area (Å²) in [5.41, 5.74) is 4.68. The van der Waals surface area contributed by atoms with Gasteiger partial charge in [0.25, 0.3) is 0 Å². The topological polar surface area (TPSA) is 63.1 Å². The maximum absolute atomic E-state index is 12.2. The van der Waals surface area contributed by atoms with Gasteiger partial charge in [0, 0.05) is 31.5 Å². The number of unbranched alkanes of at least 4 members (excludes halogenated alkanes) is 1. The summed E-state index contributed by atoms with van der Waals surface area (Å²) in [5, 5.41) is 11.9. The van der Waals surface area contributed by atoms with Crippen molar-refractivity contribution in [2.45, 2.75) is 31.8 Å². The molecular weight excluding hydrogens is 394 g/mol. The highest BCUT2D eigenvalue weighted by Gasteiger charge is 2.10. The van der Waals surface area contributed by atoms with Crippen LogP contribution in [0.15, 0.2) is 60.0 Å². The summed E-state index contributed by atoms with van der Waals surface area (Å²) < 4.78 is 1.92. The highest BCUT2D eigenvalue weighted by Crippen LogP contribution is 2.21.